The molecule has 0 aromatic heterocycles. The maximum atomic E-state index is 11.2. The van der Waals surface area contributed by atoms with Crippen molar-refractivity contribution >= 4 is 20.2 Å². The van der Waals surface area contributed by atoms with Crippen molar-refractivity contribution in [3.05, 3.63) is 41.5 Å². The van der Waals surface area contributed by atoms with E-state index in [-0.39, 0.29) is 10.8 Å². The Morgan fingerprint density at radius 2 is 1.75 bits per heavy atom. The van der Waals surface area contributed by atoms with Crippen molar-refractivity contribution in [2.45, 2.75) is 45.8 Å². The van der Waals surface area contributed by atoms with E-state index >= 15 is 0 Å². The predicted octanol–water partition coefficient (Wildman–Crippen LogP) is 4.92. The quantitative estimate of drug-likeness (QED) is 0.568. The zero-order valence-electron chi connectivity index (χ0n) is 13.5. The molecular formula is C17H26O2Si. The zero-order valence-corrected chi connectivity index (χ0v) is 14.5. The van der Waals surface area contributed by atoms with E-state index in [0.29, 0.717) is 6.61 Å². The number of hydrogen-bond acceptors (Lipinski definition) is 2. The van der Waals surface area contributed by atoms with Crippen molar-refractivity contribution in [2.75, 3.05) is 6.61 Å². The Balaban J connectivity index is 2.56. The van der Waals surface area contributed by atoms with E-state index in [4.69, 9.17) is 4.43 Å². The van der Waals surface area contributed by atoms with Gasteiger partial charge >= 0.3 is 0 Å². The van der Waals surface area contributed by atoms with Gasteiger partial charge in [-0.3, -0.25) is 4.79 Å². The standard InChI is InChI=1S/C17H26O2Si/c1-14(18)16-11-9-15(10-12-16)8-7-13-19-20(5,6)17(2,3)4/h7-12H,13H2,1-6H3/b8-7+. The van der Waals surface area contributed by atoms with Gasteiger partial charge in [-0.05, 0) is 30.6 Å². The van der Waals surface area contributed by atoms with Gasteiger partial charge in [-0.15, -0.1) is 0 Å². The average molecular weight is 290 g/mol. The van der Waals surface area contributed by atoms with Crippen molar-refractivity contribution < 1.29 is 9.22 Å². The first kappa shape index (κ1) is 16.9. The van der Waals surface area contributed by atoms with Crippen molar-refractivity contribution in [1.82, 2.24) is 0 Å². The Bertz CT molecular complexity index is 479. The van der Waals surface area contributed by atoms with Crippen molar-refractivity contribution in [3.8, 4) is 0 Å². The summed E-state index contributed by atoms with van der Waals surface area (Å²) in [5, 5.41) is 0.240. The number of carbonyl (C=O) groups is 1. The molecule has 0 aliphatic heterocycles. The van der Waals surface area contributed by atoms with Crippen LogP contribution < -0.4 is 0 Å². The average Bonchev–Trinajstić information content (AvgIpc) is 2.34. The highest BCUT2D eigenvalue weighted by atomic mass is 28.4. The van der Waals surface area contributed by atoms with Crippen LogP contribution in [0.5, 0.6) is 0 Å². The molecule has 0 spiro atoms. The number of benzene rings is 1. The molecule has 0 fully saturated rings. The lowest BCUT2D eigenvalue weighted by atomic mass is 10.1. The number of Topliss-reactive ketones (excluding diaryl/α,β-unsaturated/α-hetero) is 1. The van der Waals surface area contributed by atoms with E-state index < -0.39 is 8.32 Å². The third-order valence-electron chi connectivity index (χ3n) is 3.97. The Labute approximate surface area is 124 Å². The summed E-state index contributed by atoms with van der Waals surface area (Å²) in [6, 6.07) is 7.63. The summed E-state index contributed by atoms with van der Waals surface area (Å²) >= 11 is 0. The van der Waals surface area contributed by atoms with Crippen LogP contribution in [-0.4, -0.2) is 20.7 Å². The van der Waals surface area contributed by atoms with Gasteiger partial charge in [0.2, 0.25) is 0 Å². The van der Waals surface area contributed by atoms with Crippen LogP contribution in [0.3, 0.4) is 0 Å². The Hall–Kier alpha value is -1.19. The molecule has 0 aliphatic carbocycles. The van der Waals surface area contributed by atoms with Gasteiger partial charge < -0.3 is 4.43 Å². The highest BCUT2D eigenvalue weighted by Gasteiger charge is 2.36. The second kappa shape index (κ2) is 6.51. The minimum absolute atomic E-state index is 0.0989. The number of carbonyl (C=O) groups excluding carboxylic acids is 1. The van der Waals surface area contributed by atoms with Gasteiger partial charge in [0.05, 0.1) is 6.61 Å². The summed E-state index contributed by atoms with van der Waals surface area (Å²) in [5.74, 6) is 0.0989. The van der Waals surface area contributed by atoms with Crippen LogP contribution in [-0.2, 0) is 4.43 Å². The number of ketones is 1. The van der Waals surface area contributed by atoms with Gasteiger partial charge in [-0.2, -0.15) is 0 Å². The van der Waals surface area contributed by atoms with Crippen LogP contribution in [0.4, 0.5) is 0 Å². The molecule has 0 unspecified atom stereocenters. The summed E-state index contributed by atoms with van der Waals surface area (Å²) in [7, 11) is -1.66. The van der Waals surface area contributed by atoms with Gasteiger partial charge in [0, 0.05) is 5.56 Å². The first-order valence-corrected chi connectivity index (χ1v) is 9.96. The molecule has 3 heteroatoms. The predicted molar refractivity (Wildman–Crippen MR) is 88.6 cm³/mol. The molecule has 0 saturated carbocycles. The zero-order chi connectivity index (χ0) is 15.4. The van der Waals surface area contributed by atoms with Crippen molar-refractivity contribution in [1.29, 1.82) is 0 Å². The Morgan fingerprint density at radius 3 is 2.20 bits per heavy atom. The first-order chi connectivity index (χ1) is 9.13. The molecule has 0 bridgehead atoms. The molecule has 0 aliphatic rings. The second-order valence-corrected chi connectivity index (χ2v) is 11.5. The van der Waals surface area contributed by atoms with E-state index in [2.05, 4.69) is 33.9 Å². The smallest absolute Gasteiger partial charge is 0.192 e. The maximum Gasteiger partial charge on any atom is 0.192 e. The van der Waals surface area contributed by atoms with Gasteiger partial charge in [-0.25, -0.2) is 0 Å². The van der Waals surface area contributed by atoms with Crippen LogP contribution in [0, 0.1) is 0 Å². The fraction of sp³-hybridized carbons (Fsp3) is 0.471. The van der Waals surface area contributed by atoms with E-state index in [9.17, 15) is 4.79 Å². The van der Waals surface area contributed by atoms with Crippen LogP contribution in [0.15, 0.2) is 30.3 Å². The molecule has 110 valence electrons. The van der Waals surface area contributed by atoms with E-state index in [1.807, 2.05) is 36.4 Å². The van der Waals surface area contributed by atoms with Gasteiger partial charge in [0.1, 0.15) is 0 Å². The van der Waals surface area contributed by atoms with Crippen molar-refractivity contribution in [3.63, 3.8) is 0 Å². The van der Waals surface area contributed by atoms with E-state index in [1.165, 1.54) is 0 Å². The Morgan fingerprint density at radius 1 is 1.20 bits per heavy atom. The summed E-state index contributed by atoms with van der Waals surface area (Å²) in [6.45, 7) is 13.4. The molecule has 1 aromatic carbocycles. The molecule has 2 nitrogen and oxygen atoms in total. The monoisotopic (exact) mass is 290 g/mol. The fourth-order valence-electron chi connectivity index (χ4n) is 1.49. The lowest BCUT2D eigenvalue weighted by Crippen LogP contribution is -2.40. The van der Waals surface area contributed by atoms with Gasteiger partial charge in [0.25, 0.3) is 0 Å². The minimum atomic E-state index is -1.66. The number of hydrogen-bond donors (Lipinski definition) is 0. The summed E-state index contributed by atoms with van der Waals surface area (Å²) in [6.07, 6.45) is 4.08. The highest BCUT2D eigenvalue weighted by Crippen LogP contribution is 2.36. The third kappa shape index (κ3) is 4.73. The molecule has 1 aromatic rings. The van der Waals surface area contributed by atoms with Crippen molar-refractivity contribution in [2.24, 2.45) is 0 Å². The minimum Gasteiger partial charge on any atom is -0.413 e. The van der Waals surface area contributed by atoms with Crippen LogP contribution in [0.1, 0.15) is 43.6 Å². The molecule has 20 heavy (non-hydrogen) atoms. The normalized spacial score (nSPS) is 12.9. The highest BCUT2D eigenvalue weighted by molar-refractivity contribution is 6.74. The van der Waals surface area contributed by atoms with Crippen LogP contribution >= 0.6 is 0 Å². The van der Waals surface area contributed by atoms with E-state index in [0.717, 1.165) is 11.1 Å². The van der Waals surface area contributed by atoms with Crippen LogP contribution in [0.2, 0.25) is 18.1 Å². The summed E-state index contributed by atoms with van der Waals surface area (Å²) in [5.41, 5.74) is 1.84. The first-order valence-electron chi connectivity index (χ1n) is 7.05. The second-order valence-electron chi connectivity index (χ2n) is 6.65. The van der Waals surface area contributed by atoms with Crippen LogP contribution in [0.25, 0.3) is 6.08 Å². The molecule has 0 saturated heterocycles. The summed E-state index contributed by atoms with van der Waals surface area (Å²) < 4.78 is 6.08. The third-order valence-corrected chi connectivity index (χ3v) is 8.47. The number of rotatable bonds is 5. The van der Waals surface area contributed by atoms with Gasteiger partial charge in [-0.1, -0.05) is 57.2 Å². The lowest BCUT2D eigenvalue weighted by Gasteiger charge is -2.35. The topological polar surface area (TPSA) is 26.3 Å². The molecule has 0 atom stereocenters. The molecule has 1 rings (SSSR count). The SMILES string of the molecule is CC(=O)c1ccc(/C=C/CO[Si](C)(C)C(C)(C)C)cc1. The molecule has 0 amide bonds. The maximum absolute atomic E-state index is 11.2. The molecule has 0 N–H and O–H groups in total. The molecule has 0 radical (unpaired) electrons. The largest absolute Gasteiger partial charge is 0.413 e. The van der Waals surface area contributed by atoms with Gasteiger partial charge in [0.15, 0.2) is 14.1 Å². The Kier molecular flexibility index (Phi) is 5.48. The molecular weight excluding hydrogens is 264 g/mol. The molecule has 0 heterocycles. The fourth-order valence-corrected chi connectivity index (χ4v) is 2.43. The van der Waals surface area contributed by atoms with E-state index in [1.54, 1.807) is 6.92 Å². The lowest BCUT2D eigenvalue weighted by molar-refractivity contribution is 0.101. The summed E-state index contributed by atoms with van der Waals surface area (Å²) in [4.78, 5) is 11.2.